The van der Waals surface area contributed by atoms with Crippen LogP contribution < -0.4 is 0 Å². The van der Waals surface area contributed by atoms with Gasteiger partial charge in [-0.3, -0.25) is 9.97 Å². The highest BCUT2D eigenvalue weighted by molar-refractivity contribution is 5.71. The van der Waals surface area contributed by atoms with Crippen LogP contribution >= 0.6 is 0 Å². The Morgan fingerprint density at radius 2 is 2.00 bits per heavy atom. The molecule has 2 heteroatoms. The van der Waals surface area contributed by atoms with E-state index in [4.69, 9.17) is 0 Å². The fourth-order valence-electron chi connectivity index (χ4n) is 1.35. The molecule has 0 spiro atoms. The lowest BCUT2D eigenvalue weighted by atomic mass is 10.1. The van der Waals surface area contributed by atoms with Gasteiger partial charge in [-0.05, 0) is 5.56 Å². The molecule has 2 rings (SSSR count). The van der Waals surface area contributed by atoms with Gasteiger partial charge in [0.25, 0.3) is 0 Å². The van der Waals surface area contributed by atoms with Gasteiger partial charge in [-0.1, -0.05) is 36.9 Å². The zero-order chi connectivity index (χ0) is 9.80. The number of hydrogen-bond donors (Lipinski definition) is 0. The van der Waals surface area contributed by atoms with Crippen molar-refractivity contribution < 1.29 is 0 Å². The highest BCUT2D eigenvalue weighted by Crippen LogP contribution is 2.20. The summed E-state index contributed by atoms with van der Waals surface area (Å²) >= 11 is 0. The first-order valence-corrected chi connectivity index (χ1v) is 4.39. The van der Waals surface area contributed by atoms with E-state index < -0.39 is 0 Å². The first-order valence-electron chi connectivity index (χ1n) is 4.39. The van der Waals surface area contributed by atoms with Gasteiger partial charge in [-0.2, -0.15) is 0 Å². The van der Waals surface area contributed by atoms with E-state index in [-0.39, 0.29) is 0 Å². The Balaban J connectivity index is 2.57. The van der Waals surface area contributed by atoms with Crippen LogP contribution in [0.1, 0.15) is 5.56 Å². The molecule has 1 heterocycles. The molecular weight excluding hydrogens is 172 g/mol. The Bertz CT molecular complexity index is 435. The SMILES string of the molecule is C=Cc1ccccc1-c1cnccn1. The van der Waals surface area contributed by atoms with Crippen LogP contribution in [0.5, 0.6) is 0 Å². The normalized spacial score (nSPS) is 9.71. The molecule has 0 radical (unpaired) electrons. The van der Waals surface area contributed by atoms with E-state index in [9.17, 15) is 0 Å². The third kappa shape index (κ3) is 1.55. The Kier molecular flexibility index (Phi) is 2.36. The van der Waals surface area contributed by atoms with E-state index in [0.29, 0.717) is 0 Å². The van der Waals surface area contributed by atoms with Gasteiger partial charge in [0.05, 0.1) is 11.9 Å². The molecule has 0 amide bonds. The number of rotatable bonds is 2. The molecule has 0 aliphatic rings. The second kappa shape index (κ2) is 3.83. The molecule has 0 saturated carbocycles. The predicted octanol–water partition coefficient (Wildman–Crippen LogP) is 2.79. The van der Waals surface area contributed by atoms with Crippen LogP contribution in [0.25, 0.3) is 17.3 Å². The quantitative estimate of drug-likeness (QED) is 0.713. The van der Waals surface area contributed by atoms with Crippen molar-refractivity contribution in [3.63, 3.8) is 0 Å². The number of aromatic nitrogens is 2. The standard InChI is InChI=1S/C12H10N2/c1-2-10-5-3-4-6-11(10)12-9-13-7-8-14-12/h2-9H,1H2. The minimum Gasteiger partial charge on any atom is -0.261 e. The second-order valence-corrected chi connectivity index (χ2v) is 2.88. The molecule has 0 fully saturated rings. The summed E-state index contributed by atoms with van der Waals surface area (Å²) in [5.74, 6) is 0. The average molecular weight is 182 g/mol. The summed E-state index contributed by atoms with van der Waals surface area (Å²) in [7, 11) is 0. The fourth-order valence-corrected chi connectivity index (χ4v) is 1.35. The van der Waals surface area contributed by atoms with Gasteiger partial charge in [0.2, 0.25) is 0 Å². The van der Waals surface area contributed by atoms with Crippen LogP contribution in [0.3, 0.4) is 0 Å². The van der Waals surface area contributed by atoms with Crippen LogP contribution in [0.15, 0.2) is 49.4 Å². The summed E-state index contributed by atoms with van der Waals surface area (Å²) in [6.45, 7) is 3.77. The second-order valence-electron chi connectivity index (χ2n) is 2.88. The monoisotopic (exact) mass is 182 g/mol. The zero-order valence-electron chi connectivity index (χ0n) is 7.72. The molecule has 2 nitrogen and oxygen atoms in total. The molecule has 0 bridgehead atoms. The molecular formula is C12H10N2. The predicted molar refractivity (Wildman–Crippen MR) is 57.6 cm³/mol. The van der Waals surface area contributed by atoms with Gasteiger partial charge in [0.1, 0.15) is 0 Å². The van der Waals surface area contributed by atoms with E-state index in [1.807, 2.05) is 30.3 Å². The first-order chi connectivity index (χ1) is 6.92. The minimum atomic E-state index is 0.878. The highest BCUT2D eigenvalue weighted by atomic mass is 14.8. The molecule has 0 aliphatic heterocycles. The van der Waals surface area contributed by atoms with E-state index in [1.54, 1.807) is 18.6 Å². The largest absolute Gasteiger partial charge is 0.261 e. The summed E-state index contributed by atoms with van der Waals surface area (Å²) < 4.78 is 0. The van der Waals surface area contributed by atoms with Crippen molar-refractivity contribution in [3.05, 3.63) is 55.0 Å². The van der Waals surface area contributed by atoms with Crippen molar-refractivity contribution in [2.45, 2.75) is 0 Å². The number of nitrogens with zero attached hydrogens (tertiary/aromatic N) is 2. The van der Waals surface area contributed by atoms with Crippen molar-refractivity contribution in [3.8, 4) is 11.3 Å². The summed E-state index contributed by atoms with van der Waals surface area (Å²) in [5.41, 5.74) is 3.02. The molecule has 2 aromatic rings. The lowest BCUT2D eigenvalue weighted by Gasteiger charge is -2.03. The van der Waals surface area contributed by atoms with Crippen molar-refractivity contribution in [2.75, 3.05) is 0 Å². The van der Waals surface area contributed by atoms with Crippen LogP contribution in [-0.4, -0.2) is 9.97 Å². The van der Waals surface area contributed by atoms with Gasteiger partial charge < -0.3 is 0 Å². The molecule has 1 aromatic carbocycles. The van der Waals surface area contributed by atoms with Gasteiger partial charge in [0, 0.05) is 18.0 Å². The van der Waals surface area contributed by atoms with Crippen LogP contribution in [0.2, 0.25) is 0 Å². The summed E-state index contributed by atoms with van der Waals surface area (Å²) in [5, 5.41) is 0. The summed E-state index contributed by atoms with van der Waals surface area (Å²) in [6, 6.07) is 7.99. The maximum atomic E-state index is 4.25. The van der Waals surface area contributed by atoms with Crippen LogP contribution in [-0.2, 0) is 0 Å². The van der Waals surface area contributed by atoms with E-state index >= 15 is 0 Å². The fraction of sp³-hybridized carbons (Fsp3) is 0. The first kappa shape index (κ1) is 8.63. The maximum absolute atomic E-state index is 4.25. The number of benzene rings is 1. The molecule has 68 valence electrons. The minimum absolute atomic E-state index is 0.878. The molecule has 1 aromatic heterocycles. The lowest BCUT2D eigenvalue weighted by Crippen LogP contribution is -1.86. The van der Waals surface area contributed by atoms with Crippen molar-refractivity contribution >= 4 is 6.08 Å². The third-order valence-electron chi connectivity index (χ3n) is 2.02. The molecule has 14 heavy (non-hydrogen) atoms. The van der Waals surface area contributed by atoms with Crippen LogP contribution in [0.4, 0.5) is 0 Å². The van der Waals surface area contributed by atoms with Gasteiger partial charge in [-0.15, -0.1) is 0 Å². The topological polar surface area (TPSA) is 25.8 Å². The number of hydrogen-bond acceptors (Lipinski definition) is 2. The van der Waals surface area contributed by atoms with Gasteiger partial charge in [0.15, 0.2) is 0 Å². The van der Waals surface area contributed by atoms with Crippen molar-refractivity contribution in [2.24, 2.45) is 0 Å². The molecule has 0 atom stereocenters. The smallest absolute Gasteiger partial charge is 0.0891 e. The van der Waals surface area contributed by atoms with E-state index in [1.165, 1.54) is 0 Å². The molecule has 0 saturated heterocycles. The summed E-state index contributed by atoms with van der Waals surface area (Å²) in [6.07, 6.45) is 6.93. The van der Waals surface area contributed by atoms with Gasteiger partial charge in [-0.25, -0.2) is 0 Å². The van der Waals surface area contributed by atoms with Crippen molar-refractivity contribution in [1.29, 1.82) is 0 Å². The van der Waals surface area contributed by atoms with Crippen molar-refractivity contribution in [1.82, 2.24) is 9.97 Å². The molecule has 0 N–H and O–H groups in total. The Morgan fingerprint density at radius 3 is 2.71 bits per heavy atom. The summed E-state index contributed by atoms with van der Waals surface area (Å²) in [4.78, 5) is 8.29. The lowest BCUT2D eigenvalue weighted by molar-refractivity contribution is 1.20. The van der Waals surface area contributed by atoms with E-state index in [0.717, 1.165) is 16.8 Å². The van der Waals surface area contributed by atoms with E-state index in [2.05, 4.69) is 16.5 Å². The average Bonchev–Trinajstić information content (AvgIpc) is 2.30. The van der Waals surface area contributed by atoms with Crippen LogP contribution in [0, 0.1) is 0 Å². The van der Waals surface area contributed by atoms with Gasteiger partial charge >= 0.3 is 0 Å². The maximum Gasteiger partial charge on any atom is 0.0891 e. The zero-order valence-corrected chi connectivity index (χ0v) is 7.72. The highest BCUT2D eigenvalue weighted by Gasteiger charge is 2.01. The molecule has 0 aliphatic carbocycles. The molecule has 0 unspecified atom stereocenters. The Morgan fingerprint density at radius 1 is 1.14 bits per heavy atom. The Hall–Kier alpha value is -1.96. The third-order valence-corrected chi connectivity index (χ3v) is 2.02. The Labute approximate surface area is 83.0 Å².